The number of aryl methyl sites for hydroxylation is 1. The summed E-state index contributed by atoms with van der Waals surface area (Å²) in [5.74, 6) is -0.807. The molecule has 1 aromatic rings. The summed E-state index contributed by atoms with van der Waals surface area (Å²) in [7, 11) is 0. The van der Waals surface area contributed by atoms with E-state index < -0.39 is 5.97 Å². The van der Waals surface area contributed by atoms with Crippen LogP contribution in [0.4, 0.5) is 0 Å². The molecule has 0 unspecified atom stereocenters. The van der Waals surface area contributed by atoms with Gasteiger partial charge in [-0.15, -0.1) is 0 Å². The number of benzene rings is 1. The number of hydrogen-bond donors (Lipinski definition) is 2. The van der Waals surface area contributed by atoms with Crippen LogP contribution in [-0.4, -0.2) is 16.2 Å². The number of carboxylic acids is 1. The lowest BCUT2D eigenvalue weighted by Gasteiger charge is -2.04. The Hall–Kier alpha value is -0.870. The number of halogens is 1. The van der Waals surface area contributed by atoms with Gasteiger partial charge in [-0.05, 0) is 23.6 Å². The maximum Gasteiger partial charge on any atom is 0.303 e. The molecule has 0 aliphatic rings. The zero-order chi connectivity index (χ0) is 10.6. The highest BCUT2D eigenvalue weighted by Gasteiger charge is 2.02. The molecule has 0 radical (unpaired) electrons. The summed E-state index contributed by atoms with van der Waals surface area (Å²) in [5.41, 5.74) is 1.72. The Labute approximate surface area is 90.5 Å². The van der Waals surface area contributed by atoms with Crippen LogP contribution in [0, 0.1) is 0 Å². The first kappa shape index (κ1) is 11.2. The van der Waals surface area contributed by atoms with E-state index in [2.05, 4.69) is 15.9 Å². The molecule has 1 aromatic carbocycles. The van der Waals surface area contributed by atoms with Crippen LogP contribution in [0.5, 0.6) is 0 Å². The maximum absolute atomic E-state index is 10.3. The Morgan fingerprint density at radius 2 is 2.14 bits per heavy atom. The van der Waals surface area contributed by atoms with Gasteiger partial charge in [0, 0.05) is 10.9 Å². The van der Waals surface area contributed by atoms with Crippen molar-refractivity contribution in [1.29, 1.82) is 0 Å². The van der Waals surface area contributed by atoms with Crippen LogP contribution < -0.4 is 0 Å². The zero-order valence-electron chi connectivity index (χ0n) is 7.53. The second-order valence-corrected chi connectivity index (χ2v) is 3.83. The summed E-state index contributed by atoms with van der Waals surface area (Å²) < 4.78 is 0.846. The average molecular weight is 259 g/mol. The van der Waals surface area contributed by atoms with E-state index in [0.717, 1.165) is 15.6 Å². The summed E-state index contributed by atoms with van der Waals surface area (Å²) >= 11 is 3.29. The molecule has 0 spiro atoms. The van der Waals surface area contributed by atoms with Gasteiger partial charge in [0.15, 0.2) is 0 Å². The minimum atomic E-state index is -0.807. The van der Waals surface area contributed by atoms with Crippen LogP contribution in [0.3, 0.4) is 0 Å². The summed E-state index contributed by atoms with van der Waals surface area (Å²) in [5, 5.41) is 17.5. The molecule has 0 amide bonds. The number of aliphatic carboxylic acids is 1. The molecule has 0 saturated heterocycles. The lowest BCUT2D eigenvalue weighted by molar-refractivity contribution is -0.136. The second kappa shape index (κ2) is 5.12. The smallest absolute Gasteiger partial charge is 0.303 e. The zero-order valence-corrected chi connectivity index (χ0v) is 9.12. The minimum Gasteiger partial charge on any atom is -0.481 e. The predicted molar refractivity (Wildman–Crippen MR) is 56.0 cm³/mol. The highest BCUT2D eigenvalue weighted by Crippen LogP contribution is 2.19. The topological polar surface area (TPSA) is 57.5 Å². The van der Waals surface area contributed by atoms with E-state index in [0.29, 0.717) is 6.42 Å². The lowest BCUT2D eigenvalue weighted by atomic mass is 10.1. The van der Waals surface area contributed by atoms with Crippen LogP contribution in [0.1, 0.15) is 17.5 Å². The molecule has 0 aliphatic carbocycles. The van der Waals surface area contributed by atoms with Gasteiger partial charge in [0.25, 0.3) is 0 Å². The molecular weight excluding hydrogens is 248 g/mol. The number of rotatable bonds is 4. The Morgan fingerprint density at radius 1 is 1.43 bits per heavy atom. The van der Waals surface area contributed by atoms with E-state index in [-0.39, 0.29) is 13.0 Å². The Bertz CT molecular complexity index is 336. The molecule has 1 rings (SSSR count). The molecule has 0 bridgehead atoms. The monoisotopic (exact) mass is 258 g/mol. The molecule has 14 heavy (non-hydrogen) atoms. The number of aliphatic hydroxyl groups is 1. The van der Waals surface area contributed by atoms with Crippen LogP contribution in [0.2, 0.25) is 0 Å². The van der Waals surface area contributed by atoms with E-state index in [1.807, 2.05) is 18.2 Å². The molecule has 4 heteroatoms. The van der Waals surface area contributed by atoms with Crippen molar-refractivity contribution in [2.24, 2.45) is 0 Å². The molecule has 0 fully saturated rings. The van der Waals surface area contributed by atoms with Gasteiger partial charge in [-0.3, -0.25) is 4.79 Å². The summed E-state index contributed by atoms with van der Waals surface area (Å²) in [6.07, 6.45) is 0.613. The van der Waals surface area contributed by atoms with Crippen molar-refractivity contribution in [3.63, 3.8) is 0 Å². The predicted octanol–water partition coefficient (Wildman–Crippen LogP) is 1.96. The van der Waals surface area contributed by atoms with Crippen LogP contribution in [0.25, 0.3) is 0 Å². The fourth-order valence-corrected chi connectivity index (χ4v) is 1.53. The third-order valence-corrected chi connectivity index (χ3v) is 2.68. The summed E-state index contributed by atoms with van der Waals surface area (Å²) in [6.45, 7) is -0.0402. The van der Waals surface area contributed by atoms with Gasteiger partial charge >= 0.3 is 5.97 Å². The second-order valence-electron chi connectivity index (χ2n) is 2.98. The first-order chi connectivity index (χ1) is 6.63. The van der Waals surface area contributed by atoms with E-state index in [1.54, 1.807) is 0 Å². The molecule has 76 valence electrons. The molecule has 2 N–H and O–H groups in total. The van der Waals surface area contributed by atoms with Crippen molar-refractivity contribution in [3.8, 4) is 0 Å². The van der Waals surface area contributed by atoms with Gasteiger partial charge in [0.1, 0.15) is 0 Å². The first-order valence-electron chi connectivity index (χ1n) is 4.23. The van der Waals surface area contributed by atoms with Crippen molar-refractivity contribution < 1.29 is 15.0 Å². The van der Waals surface area contributed by atoms with E-state index >= 15 is 0 Å². The maximum atomic E-state index is 10.3. The molecule has 0 atom stereocenters. The van der Waals surface area contributed by atoms with E-state index in [1.165, 1.54) is 0 Å². The molecular formula is C10H11BrO3. The fourth-order valence-electron chi connectivity index (χ4n) is 1.16. The van der Waals surface area contributed by atoms with Crippen molar-refractivity contribution >= 4 is 21.9 Å². The number of hydrogen-bond acceptors (Lipinski definition) is 2. The number of carbonyl (C=O) groups is 1. The lowest BCUT2D eigenvalue weighted by Crippen LogP contribution is -1.98. The highest BCUT2D eigenvalue weighted by molar-refractivity contribution is 9.10. The Kier molecular flexibility index (Phi) is 4.10. The average Bonchev–Trinajstić information content (AvgIpc) is 2.16. The van der Waals surface area contributed by atoms with Gasteiger partial charge in [-0.2, -0.15) is 0 Å². The minimum absolute atomic E-state index is 0.0402. The standard InChI is InChI=1S/C10H11BrO3/c11-9-3-1-7(2-4-10(13)14)5-8(9)6-12/h1,3,5,12H,2,4,6H2,(H,13,14). The van der Waals surface area contributed by atoms with Gasteiger partial charge in [-0.1, -0.05) is 28.1 Å². The van der Waals surface area contributed by atoms with Crippen molar-refractivity contribution in [2.75, 3.05) is 0 Å². The summed E-state index contributed by atoms with van der Waals surface area (Å²) in [4.78, 5) is 10.3. The third-order valence-electron chi connectivity index (χ3n) is 1.91. The quantitative estimate of drug-likeness (QED) is 0.868. The first-order valence-corrected chi connectivity index (χ1v) is 5.02. The molecule has 0 aliphatic heterocycles. The highest BCUT2D eigenvalue weighted by atomic mass is 79.9. The third kappa shape index (κ3) is 3.12. The van der Waals surface area contributed by atoms with Gasteiger partial charge in [-0.25, -0.2) is 0 Å². The fraction of sp³-hybridized carbons (Fsp3) is 0.300. The molecule has 3 nitrogen and oxygen atoms in total. The van der Waals surface area contributed by atoms with Gasteiger partial charge in [0.2, 0.25) is 0 Å². The molecule has 0 heterocycles. The normalized spacial score (nSPS) is 10.1. The summed E-state index contributed by atoms with van der Waals surface area (Å²) in [6, 6.07) is 5.49. The Balaban J connectivity index is 2.74. The van der Waals surface area contributed by atoms with Crippen LogP contribution in [-0.2, 0) is 17.8 Å². The Morgan fingerprint density at radius 3 is 2.71 bits per heavy atom. The van der Waals surface area contributed by atoms with Gasteiger partial charge < -0.3 is 10.2 Å². The molecule has 0 saturated carbocycles. The van der Waals surface area contributed by atoms with Crippen molar-refractivity contribution in [2.45, 2.75) is 19.4 Å². The van der Waals surface area contributed by atoms with Crippen LogP contribution >= 0.6 is 15.9 Å². The number of aliphatic hydroxyl groups excluding tert-OH is 1. The van der Waals surface area contributed by atoms with E-state index in [9.17, 15) is 4.79 Å². The SMILES string of the molecule is O=C(O)CCc1ccc(Br)c(CO)c1. The molecule has 0 aromatic heterocycles. The largest absolute Gasteiger partial charge is 0.481 e. The van der Waals surface area contributed by atoms with Crippen LogP contribution in [0.15, 0.2) is 22.7 Å². The van der Waals surface area contributed by atoms with E-state index in [4.69, 9.17) is 10.2 Å². The number of carboxylic acid groups (broad SMARTS) is 1. The van der Waals surface area contributed by atoms with Crippen molar-refractivity contribution in [3.05, 3.63) is 33.8 Å². The van der Waals surface area contributed by atoms with Gasteiger partial charge in [0.05, 0.1) is 6.61 Å². The van der Waals surface area contributed by atoms with Crippen molar-refractivity contribution in [1.82, 2.24) is 0 Å².